The molecule has 0 aromatic heterocycles. The second kappa shape index (κ2) is 12.7. The van der Waals surface area contributed by atoms with Gasteiger partial charge in [-0.25, -0.2) is 0 Å². The third-order valence-electron chi connectivity index (χ3n) is 7.20. The van der Waals surface area contributed by atoms with Crippen molar-refractivity contribution in [3.05, 3.63) is 157 Å². The van der Waals surface area contributed by atoms with Crippen molar-refractivity contribution < 1.29 is 0 Å². The van der Waals surface area contributed by atoms with Crippen LogP contribution < -0.4 is 9.80 Å². The van der Waals surface area contributed by atoms with Crippen LogP contribution in [-0.2, 0) is 0 Å². The topological polar surface area (TPSA) is 30.3 Å². The lowest BCUT2D eigenvalue weighted by molar-refractivity contribution is 1.20. The van der Waals surface area contributed by atoms with Gasteiger partial charge in [-0.15, -0.1) is 0 Å². The fourth-order valence-electron chi connectivity index (χ4n) is 4.96. The zero-order chi connectivity index (χ0) is 28.6. The maximum absolute atomic E-state index is 9.24. The number of nitriles is 1. The molecular weight excluding hydrogens is 498 g/mol. The van der Waals surface area contributed by atoms with Crippen LogP contribution in [0.15, 0.2) is 151 Å². The van der Waals surface area contributed by atoms with E-state index in [2.05, 4.69) is 138 Å². The van der Waals surface area contributed by atoms with E-state index in [0.717, 1.165) is 39.6 Å². The van der Waals surface area contributed by atoms with Gasteiger partial charge < -0.3 is 9.80 Å². The smallest absolute Gasteiger partial charge is 0.0992 e. The minimum Gasteiger partial charge on any atom is -0.345 e. The van der Waals surface area contributed by atoms with Crippen molar-refractivity contribution in [1.29, 1.82) is 5.26 Å². The van der Waals surface area contributed by atoms with E-state index in [0.29, 0.717) is 5.56 Å². The van der Waals surface area contributed by atoms with Gasteiger partial charge in [-0.1, -0.05) is 84.9 Å². The second-order valence-corrected chi connectivity index (χ2v) is 9.78. The predicted octanol–water partition coefficient (Wildman–Crippen LogP) is 10.3. The highest BCUT2D eigenvalue weighted by Crippen LogP contribution is 2.34. The monoisotopic (exact) mass is 531 g/mol. The van der Waals surface area contributed by atoms with Gasteiger partial charge in [0.15, 0.2) is 0 Å². The van der Waals surface area contributed by atoms with Gasteiger partial charge in [-0.3, -0.25) is 0 Å². The summed E-state index contributed by atoms with van der Waals surface area (Å²) in [5.74, 6) is 0. The molecular formula is C38H33N3. The first-order valence-electron chi connectivity index (χ1n) is 13.8. The highest BCUT2D eigenvalue weighted by molar-refractivity contribution is 5.76. The highest BCUT2D eigenvalue weighted by atomic mass is 15.1. The minimum atomic E-state index is 0.655. The molecule has 0 radical (unpaired) electrons. The molecule has 5 aromatic carbocycles. The number of hydrogen-bond donors (Lipinski definition) is 0. The van der Waals surface area contributed by atoms with Gasteiger partial charge in [-0.2, -0.15) is 5.26 Å². The van der Waals surface area contributed by atoms with Gasteiger partial charge in [0.05, 0.1) is 11.6 Å². The lowest BCUT2D eigenvalue weighted by Gasteiger charge is -2.27. The van der Waals surface area contributed by atoms with Crippen LogP contribution in [0.2, 0.25) is 0 Å². The van der Waals surface area contributed by atoms with Gasteiger partial charge >= 0.3 is 0 Å². The summed E-state index contributed by atoms with van der Waals surface area (Å²) in [5.41, 5.74) is 10.7. The molecule has 0 aliphatic rings. The molecule has 5 rings (SSSR count). The van der Waals surface area contributed by atoms with Crippen LogP contribution in [0.25, 0.3) is 22.3 Å². The lowest BCUT2D eigenvalue weighted by Crippen LogP contribution is -2.15. The summed E-state index contributed by atoms with van der Waals surface area (Å²) in [6.07, 6.45) is 6.35. The predicted molar refractivity (Wildman–Crippen MR) is 174 cm³/mol. The summed E-state index contributed by atoms with van der Waals surface area (Å²) in [6, 6.07) is 46.3. The van der Waals surface area contributed by atoms with Crippen LogP contribution in [0.4, 0.5) is 22.7 Å². The van der Waals surface area contributed by atoms with Crippen LogP contribution in [0, 0.1) is 11.3 Å². The van der Waals surface area contributed by atoms with Crippen LogP contribution in [0.3, 0.4) is 0 Å². The van der Waals surface area contributed by atoms with E-state index in [1.54, 1.807) is 0 Å². The molecule has 3 heteroatoms. The Hall–Kier alpha value is -5.33. The van der Waals surface area contributed by atoms with E-state index in [9.17, 15) is 5.26 Å². The van der Waals surface area contributed by atoms with Crippen molar-refractivity contribution in [2.24, 2.45) is 0 Å². The molecule has 0 atom stereocenters. The molecule has 200 valence electrons. The third-order valence-corrected chi connectivity index (χ3v) is 7.20. The SMILES string of the molecule is C/C=C\C(=C/C)N(c1ccc(-c2ccccc2)cc1)c1ccc(-c2ccc(N(C)c3cccc(C#N)c3)cc2)cc1. The first-order valence-corrected chi connectivity index (χ1v) is 13.8. The largest absolute Gasteiger partial charge is 0.345 e. The number of benzene rings is 5. The Morgan fingerprint density at radius 2 is 1.10 bits per heavy atom. The average Bonchev–Trinajstić information content (AvgIpc) is 3.05. The Morgan fingerprint density at radius 3 is 1.59 bits per heavy atom. The molecule has 0 aliphatic carbocycles. The molecule has 0 heterocycles. The van der Waals surface area contributed by atoms with Crippen molar-refractivity contribution in [3.63, 3.8) is 0 Å². The number of nitrogens with zero attached hydrogens (tertiary/aromatic N) is 3. The number of anilines is 4. The molecule has 0 bridgehead atoms. The van der Waals surface area contributed by atoms with Crippen LogP contribution in [0.5, 0.6) is 0 Å². The van der Waals surface area contributed by atoms with Crippen LogP contribution in [0.1, 0.15) is 19.4 Å². The summed E-state index contributed by atoms with van der Waals surface area (Å²) in [5, 5.41) is 9.24. The zero-order valence-corrected chi connectivity index (χ0v) is 23.7. The maximum atomic E-state index is 9.24. The van der Waals surface area contributed by atoms with Crippen molar-refractivity contribution in [2.45, 2.75) is 13.8 Å². The zero-order valence-electron chi connectivity index (χ0n) is 23.7. The van der Waals surface area contributed by atoms with E-state index >= 15 is 0 Å². The molecule has 3 nitrogen and oxygen atoms in total. The molecule has 0 saturated carbocycles. The molecule has 5 aromatic rings. The fourth-order valence-corrected chi connectivity index (χ4v) is 4.96. The molecule has 0 saturated heterocycles. The molecule has 0 spiro atoms. The molecule has 0 aliphatic heterocycles. The molecule has 0 fully saturated rings. The summed E-state index contributed by atoms with van der Waals surface area (Å²) >= 11 is 0. The third kappa shape index (κ3) is 6.13. The summed E-state index contributed by atoms with van der Waals surface area (Å²) < 4.78 is 0. The molecule has 0 N–H and O–H groups in total. The quantitative estimate of drug-likeness (QED) is 0.187. The number of allylic oxidation sites excluding steroid dienone is 3. The minimum absolute atomic E-state index is 0.655. The van der Waals surface area contributed by atoms with E-state index in [4.69, 9.17) is 0 Å². The Kier molecular flexibility index (Phi) is 8.43. The Labute approximate surface area is 243 Å². The standard InChI is InChI=1S/C38H33N3/c1-4-10-34(5-2)41(36-23-17-31(18-24-36)30-12-7-6-8-13-30)37-25-19-33(20-26-37)32-15-21-35(22-16-32)40(3)38-14-9-11-29(27-38)28-39/h4-27H,1-3H3/b10-4-,34-5+. The van der Waals surface area contributed by atoms with Gasteiger partial charge in [0.2, 0.25) is 0 Å². The highest BCUT2D eigenvalue weighted by Gasteiger charge is 2.14. The van der Waals surface area contributed by atoms with E-state index in [1.165, 1.54) is 11.1 Å². The van der Waals surface area contributed by atoms with Gasteiger partial charge in [-0.05, 0) is 96.8 Å². The Balaban J connectivity index is 1.41. The molecule has 0 amide bonds. The van der Waals surface area contributed by atoms with Gasteiger partial charge in [0.1, 0.15) is 0 Å². The first-order chi connectivity index (χ1) is 20.1. The fraction of sp³-hybridized carbons (Fsp3) is 0.0789. The van der Waals surface area contributed by atoms with Crippen molar-refractivity contribution in [1.82, 2.24) is 0 Å². The maximum Gasteiger partial charge on any atom is 0.0992 e. The summed E-state index contributed by atoms with van der Waals surface area (Å²) in [4.78, 5) is 4.38. The van der Waals surface area contributed by atoms with Crippen molar-refractivity contribution >= 4 is 22.7 Å². The normalized spacial score (nSPS) is 11.3. The number of rotatable bonds is 8. The van der Waals surface area contributed by atoms with E-state index < -0.39 is 0 Å². The summed E-state index contributed by atoms with van der Waals surface area (Å²) in [6.45, 7) is 4.12. The van der Waals surface area contributed by atoms with Crippen LogP contribution >= 0.6 is 0 Å². The van der Waals surface area contributed by atoms with E-state index in [-0.39, 0.29) is 0 Å². The molecule has 41 heavy (non-hydrogen) atoms. The van der Waals surface area contributed by atoms with E-state index in [1.807, 2.05) is 44.3 Å². The summed E-state index contributed by atoms with van der Waals surface area (Å²) in [7, 11) is 2.02. The average molecular weight is 532 g/mol. The Morgan fingerprint density at radius 1 is 0.585 bits per heavy atom. The molecule has 0 unspecified atom stereocenters. The van der Waals surface area contributed by atoms with Crippen molar-refractivity contribution in [2.75, 3.05) is 16.8 Å². The van der Waals surface area contributed by atoms with Crippen LogP contribution in [-0.4, -0.2) is 7.05 Å². The van der Waals surface area contributed by atoms with Crippen molar-refractivity contribution in [3.8, 4) is 28.3 Å². The number of hydrogen-bond acceptors (Lipinski definition) is 3. The first kappa shape index (κ1) is 27.2. The lowest BCUT2D eigenvalue weighted by atomic mass is 10.0. The Bertz CT molecular complexity index is 1690. The van der Waals surface area contributed by atoms with Gasteiger partial charge in [0, 0.05) is 35.5 Å². The van der Waals surface area contributed by atoms with Gasteiger partial charge in [0.25, 0.3) is 0 Å². The second-order valence-electron chi connectivity index (χ2n) is 9.78.